The average molecular weight is 339 g/mol. The fraction of sp³-hybridized carbons (Fsp3) is 0.167. The van der Waals surface area contributed by atoms with Crippen molar-refractivity contribution in [2.24, 2.45) is 5.92 Å². The topological polar surface area (TPSA) is 64.1 Å². The molecule has 3 rings (SSSR count). The third-order valence-electron chi connectivity index (χ3n) is 3.29. The lowest BCUT2D eigenvalue weighted by Crippen LogP contribution is -2.17. The van der Waals surface area contributed by atoms with Crippen molar-refractivity contribution >= 4 is 23.1 Å². The summed E-state index contributed by atoms with van der Waals surface area (Å²) in [6.45, 7) is 3.71. The Hall–Kier alpha value is -2.73. The summed E-state index contributed by atoms with van der Waals surface area (Å²) in [5, 5.41) is 3.32. The van der Waals surface area contributed by atoms with E-state index >= 15 is 0 Å². The summed E-state index contributed by atoms with van der Waals surface area (Å²) in [6.07, 6.45) is 0. The maximum absolute atomic E-state index is 11.7. The monoisotopic (exact) mass is 339 g/mol. The quantitative estimate of drug-likeness (QED) is 0.738. The first kappa shape index (κ1) is 16.1. The number of carbonyl (C=O) groups is 1. The number of aromatic nitrogens is 2. The minimum Gasteiger partial charge on any atom is -0.430 e. The lowest BCUT2D eigenvalue weighted by Gasteiger charge is -2.08. The van der Waals surface area contributed by atoms with Gasteiger partial charge in [0, 0.05) is 28.7 Å². The number of amides is 1. The fourth-order valence-corrected chi connectivity index (χ4v) is 2.52. The molecule has 0 aliphatic heterocycles. The number of ether oxygens (including phenoxy) is 1. The number of anilines is 1. The summed E-state index contributed by atoms with van der Waals surface area (Å²) in [7, 11) is 0. The molecule has 5 nitrogen and oxygen atoms in total. The summed E-state index contributed by atoms with van der Waals surface area (Å²) in [5.74, 6) is 1.23. The van der Waals surface area contributed by atoms with Gasteiger partial charge in [-0.25, -0.2) is 0 Å². The SMILES string of the molecule is CC(C)C(=O)Nc1ccc(Oc2nc(-c3ccccc3)ns2)cc1. The van der Waals surface area contributed by atoms with Crippen LogP contribution in [0.3, 0.4) is 0 Å². The van der Waals surface area contributed by atoms with Crippen LogP contribution in [0.5, 0.6) is 10.9 Å². The van der Waals surface area contributed by atoms with Crippen LogP contribution in [0.1, 0.15) is 13.8 Å². The Kier molecular flexibility index (Phi) is 4.86. The van der Waals surface area contributed by atoms with Gasteiger partial charge in [0.2, 0.25) is 5.91 Å². The summed E-state index contributed by atoms with van der Waals surface area (Å²) in [5.41, 5.74) is 1.69. The van der Waals surface area contributed by atoms with Crippen molar-refractivity contribution in [2.45, 2.75) is 13.8 Å². The molecule has 122 valence electrons. The van der Waals surface area contributed by atoms with Crippen LogP contribution in [-0.2, 0) is 4.79 Å². The minimum absolute atomic E-state index is 0.0136. The molecular formula is C18H17N3O2S. The van der Waals surface area contributed by atoms with E-state index in [4.69, 9.17) is 4.74 Å². The van der Waals surface area contributed by atoms with E-state index in [9.17, 15) is 4.79 Å². The maximum Gasteiger partial charge on any atom is 0.299 e. The predicted octanol–water partition coefficient (Wildman–Crippen LogP) is 4.59. The Morgan fingerprint density at radius 3 is 2.46 bits per heavy atom. The highest BCUT2D eigenvalue weighted by Gasteiger charge is 2.09. The molecule has 0 radical (unpaired) electrons. The molecule has 1 amide bonds. The second-order valence-electron chi connectivity index (χ2n) is 5.52. The van der Waals surface area contributed by atoms with Crippen LogP contribution in [0.15, 0.2) is 54.6 Å². The van der Waals surface area contributed by atoms with Gasteiger partial charge in [0.05, 0.1) is 0 Å². The second kappa shape index (κ2) is 7.23. The van der Waals surface area contributed by atoms with Crippen LogP contribution in [0.2, 0.25) is 0 Å². The molecule has 0 saturated carbocycles. The van der Waals surface area contributed by atoms with Gasteiger partial charge in [-0.1, -0.05) is 44.2 Å². The highest BCUT2D eigenvalue weighted by Crippen LogP contribution is 2.27. The number of hydrogen-bond donors (Lipinski definition) is 1. The van der Waals surface area contributed by atoms with Gasteiger partial charge in [0.25, 0.3) is 5.19 Å². The lowest BCUT2D eigenvalue weighted by atomic mass is 10.2. The third kappa shape index (κ3) is 3.97. The van der Waals surface area contributed by atoms with Gasteiger partial charge in [-0.15, -0.1) is 0 Å². The molecule has 6 heteroatoms. The number of nitrogens with zero attached hydrogens (tertiary/aromatic N) is 2. The summed E-state index contributed by atoms with van der Waals surface area (Å²) < 4.78 is 10.0. The molecule has 0 aliphatic carbocycles. The molecule has 3 aromatic rings. The summed E-state index contributed by atoms with van der Waals surface area (Å²) in [4.78, 5) is 16.1. The molecule has 1 N–H and O–H groups in total. The predicted molar refractivity (Wildman–Crippen MR) is 95.3 cm³/mol. The van der Waals surface area contributed by atoms with Gasteiger partial charge in [0.15, 0.2) is 5.82 Å². The number of benzene rings is 2. The molecule has 0 unspecified atom stereocenters. The van der Waals surface area contributed by atoms with E-state index < -0.39 is 0 Å². The van der Waals surface area contributed by atoms with E-state index in [1.165, 1.54) is 11.5 Å². The van der Waals surface area contributed by atoms with Crippen molar-refractivity contribution < 1.29 is 9.53 Å². The zero-order valence-electron chi connectivity index (χ0n) is 13.4. The molecule has 0 bridgehead atoms. The van der Waals surface area contributed by atoms with E-state index in [2.05, 4.69) is 14.7 Å². The number of hydrogen-bond acceptors (Lipinski definition) is 5. The molecule has 0 aliphatic rings. The number of rotatable bonds is 5. The van der Waals surface area contributed by atoms with Crippen LogP contribution in [-0.4, -0.2) is 15.3 Å². The van der Waals surface area contributed by atoms with E-state index in [1.54, 1.807) is 24.3 Å². The standard InChI is InChI=1S/C18H17N3O2S/c1-12(2)17(22)19-14-8-10-15(11-9-14)23-18-20-16(21-24-18)13-6-4-3-5-7-13/h3-12H,1-2H3,(H,19,22). The maximum atomic E-state index is 11.7. The lowest BCUT2D eigenvalue weighted by molar-refractivity contribution is -0.118. The number of nitrogens with one attached hydrogen (secondary N) is 1. The molecule has 0 saturated heterocycles. The third-order valence-corrected chi connectivity index (χ3v) is 3.89. The molecule has 1 aromatic heterocycles. The molecule has 2 aromatic carbocycles. The Morgan fingerprint density at radius 1 is 1.08 bits per heavy atom. The van der Waals surface area contributed by atoms with Crippen molar-refractivity contribution in [3.8, 4) is 22.3 Å². The summed E-state index contributed by atoms with van der Waals surface area (Å²) >= 11 is 1.20. The van der Waals surface area contributed by atoms with E-state index in [0.717, 1.165) is 11.3 Å². The average Bonchev–Trinajstić information content (AvgIpc) is 3.06. The Labute approximate surface area is 144 Å². The van der Waals surface area contributed by atoms with Crippen LogP contribution in [0.25, 0.3) is 11.4 Å². The molecule has 24 heavy (non-hydrogen) atoms. The highest BCUT2D eigenvalue weighted by molar-refractivity contribution is 7.07. The Bertz CT molecular complexity index is 814. The van der Waals surface area contributed by atoms with Crippen molar-refractivity contribution in [2.75, 3.05) is 5.32 Å². The van der Waals surface area contributed by atoms with E-state index in [-0.39, 0.29) is 11.8 Å². The van der Waals surface area contributed by atoms with Crippen LogP contribution < -0.4 is 10.1 Å². The van der Waals surface area contributed by atoms with Crippen molar-refractivity contribution in [3.63, 3.8) is 0 Å². The Morgan fingerprint density at radius 2 is 1.79 bits per heavy atom. The van der Waals surface area contributed by atoms with Gasteiger partial charge in [-0.3, -0.25) is 4.79 Å². The van der Waals surface area contributed by atoms with Crippen molar-refractivity contribution in [1.29, 1.82) is 0 Å². The molecule has 0 fully saturated rings. The van der Waals surface area contributed by atoms with Gasteiger partial charge in [0.1, 0.15) is 5.75 Å². The zero-order valence-corrected chi connectivity index (χ0v) is 14.2. The van der Waals surface area contributed by atoms with Gasteiger partial charge in [-0.2, -0.15) is 9.36 Å². The van der Waals surface area contributed by atoms with Gasteiger partial charge < -0.3 is 10.1 Å². The fourth-order valence-electron chi connectivity index (χ4n) is 1.95. The normalized spacial score (nSPS) is 10.6. The largest absolute Gasteiger partial charge is 0.430 e. The number of carbonyl (C=O) groups excluding carboxylic acids is 1. The second-order valence-corrected chi connectivity index (χ2v) is 6.23. The first-order chi connectivity index (χ1) is 11.6. The van der Waals surface area contributed by atoms with E-state index in [0.29, 0.717) is 16.8 Å². The summed E-state index contributed by atoms with van der Waals surface area (Å²) in [6, 6.07) is 16.9. The first-order valence-electron chi connectivity index (χ1n) is 7.60. The molecular weight excluding hydrogens is 322 g/mol. The first-order valence-corrected chi connectivity index (χ1v) is 8.37. The van der Waals surface area contributed by atoms with Gasteiger partial charge in [-0.05, 0) is 24.3 Å². The smallest absolute Gasteiger partial charge is 0.299 e. The van der Waals surface area contributed by atoms with E-state index in [1.807, 2.05) is 44.2 Å². The van der Waals surface area contributed by atoms with Crippen LogP contribution in [0, 0.1) is 5.92 Å². The van der Waals surface area contributed by atoms with Gasteiger partial charge >= 0.3 is 0 Å². The highest BCUT2D eigenvalue weighted by atomic mass is 32.1. The van der Waals surface area contributed by atoms with Crippen LogP contribution >= 0.6 is 11.5 Å². The minimum atomic E-state index is -0.0567. The molecule has 0 atom stereocenters. The van der Waals surface area contributed by atoms with Crippen LogP contribution in [0.4, 0.5) is 5.69 Å². The van der Waals surface area contributed by atoms with Crippen molar-refractivity contribution in [3.05, 3.63) is 54.6 Å². The Balaban J connectivity index is 1.66. The zero-order chi connectivity index (χ0) is 16.9. The molecule has 1 heterocycles. The van der Waals surface area contributed by atoms with Crippen molar-refractivity contribution in [1.82, 2.24) is 9.36 Å². The molecule has 0 spiro atoms.